The molecule has 2 unspecified atom stereocenters. The van der Waals surface area contributed by atoms with Crippen LogP contribution in [0.4, 0.5) is 0 Å². The Hall–Kier alpha value is -0.220. The lowest BCUT2D eigenvalue weighted by molar-refractivity contribution is 0.152. The zero-order valence-corrected chi connectivity index (χ0v) is 17.6. The van der Waals surface area contributed by atoms with Gasteiger partial charge in [-0.2, -0.15) is 0 Å². The van der Waals surface area contributed by atoms with E-state index in [-0.39, 0.29) is 0 Å². The molecule has 0 radical (unpaired) electrons. The summed E-state index contributed by atoms with van der Waals surface area (Å²) in [7, 11) is -8.42. The fourth-order valence-electron chi connectivity index (χ4n) is 2.27. The van der Waals surface area contributed by atoms with Crippen LogP contribution in [0.2, 0.25) is 0 Å². The van der Waals surface area contributed by atoms with Gasteiger partial charge in [-0.3, -0.25) is 9.13 Å². The van der Waals surface area contributed by atoms with Gasteiger partial charge < -0.3 is 19.4 Å². The Bertz CT molecular complexity index is 531. The van der Waals surface area contributed by atoms with Crippen molar-refractivity contribution in [2.75, 3.05) is 18.9 Å². The van der Waals surface area contributed by atoms with Crippen molar-refractivity contribution >= 4 is 15.0 Å². The molecule has 0 fully saturated rings. The summed E-state index contributed by atoms with van der Waals surface area (Å²) in [6.07, 6.45) is 8.91. The zero-order chi connectivity index (χ0) is 19.5. The molecular formula is C17H34O6P2. The Morgan fingerprint density at radius 2 is 1.68 bits per heavy atom. The highest BCUT2D eigenvalue weighted by Crippen LogP contribution is 2.54. The second-order valence-electron chi connectivity index (χ2n) is 7.03. The Balaban J connectivity index is 3.90. The third-order valence-electron chi connectivity index (χ3n) is 3.70. The van der Waals surface area contributed by atoms with E-state index >= 15 is 0 Å². The first-order valence-electron chi connectivity index (χ1n) is 8.63. The first-order chi connectivity index (χ1) is 11.4. The van der Waals surface area contributed by atoms with Crippen LogP contribution in [0, 0.1) is 5.92 Å². The molecule has 0 saturated carbocycles. The van der Waals surface area contributed by atoms with E-state index in [9.17, 15) is 14.0 Å². The molecule has 0 amide bonds. The maximum atomic E-state index is 11.6. The van der Waals surface area contributed by atoms with Gasteiger partial charge in [0.1, 0.15) is 12.3 Å². The van der Waals surface area contributed by atoms with Crippen molar-refractivity contribution in [3.8, 4) is 0 Å². The predicted molar refractivity (Wildman–Crippen MR) is 103 cm³/mol. The molecule has 0 aliphatic rings. The summed E-state index contributed by atoms with van der Waals surface area (Å²) < 4.78 is 27.5. The van der Waals surface area contributed by atoms with Gasteiger partial charge in [0.2, 0.25) is 7.37 Å². The van der Waals surface area contributed by atoms with Crippen LogP contribution in [0.5, 0.6) is 0 Å². The first kappa shape index (κ1) is 24.8. The average Bonchev–Trinajstić information content (AvgIpc) is 2.40. The van der Waals surface area contributed by atoms with Crippen molar-refractivity contribution in [3.63, 3.8) is 0 Å². The molecule has 0 aromatic rings. The van der Waals surface area contributed by atoms with Gasteiger partial charge in [-0.15, -0.1) is 0 Å². The summed E-state index contributed by atoms with van der Waals surface area (Å²) >= 11 is 0. The SMILES string of the molecule is CC(C)=CCC/C(C)=C/CCC(C)CCOCP(=O)(O)CP(=O)(O)O. The van der Waals surface area contributed by atoms with Gasteiger partial charge >= 0.3 is 7.60 Å². The highest BCUT2D eigenvalue weighted by Gasteiger charge is 2.29. The van der Waals surface area contributed by atoms with Gasteiger partial charge in [0.15, 0.2) is 0 Å². The molecule has 0 aromatic carbocycles. The molecule has 0 rings (SSSR count). The number of hydrogen-bond donors (Lipinski definition) is 3. The second-order valence-corrected chi connectivity index (χ2v) is 11.4. The number of ether oxygens (including phenoxy) is 1. The van der Waals surface area contributed by atoms with Gasteiger partial charge in [-0.1, -0.05) is 30.2 Å². The highest BCUT2D eigenvalue weighted by atomic mass is 31.2. The van der Waals surface area contributed by atoms with Crippen LogP contribution in [0.3, 0.4) is 0 Å². The Labute approximate surface area is 152 Å². The molecule has 0 aliphatic carbocycles. The lowest BCUT2D eigenvalue weighted by Gasteiger charge is -2.14. The number of allylic oxidation sites excluding steroid dienone is 4. The molecule has 8 heteroatoms. The number of rotatable bonds is 13. The van der Waals surface area contributed by atoms with Crippen LogP contribution in [0.15, 0.2) is 23.3 Å². The molecule has 0 saturated heterocycles. The van der Waals surface area contributed by atoms with Crippen LogP contribution in [0.1, 0.15) is 59.8 Å². The minimum absolute atomic E-state index is 0.316. The summed E-state index contributed by atoms with van der Waals surface area (Å²) in [6, 6.07) is 0. The van der Waals surface area contributed by atoms with E-state index in [0.29, 0.717) is 12.5 Å². The van der Waals surface area contributed by atoms with E-state index in [4.69, 9.17) is 14.5 Å². The van der Waals surface area contributed by atoms with Gasteiger partial charge in [0, 0.05) is 6.61 Å². The average molecular weight is 396 g/mol. The van der Waals surface area contributed by atoms with Crippen molar-refractivity contribution in [1.82, 2.24) is 0 Å². The zero-order valence-electron chi connectivity index (χ0n) is 15.8. The molecule has 25 heavy (non-hydrogen) atoms. The molecule has 2 atom stereocenters. The lowest BCUT2D eigenvalue weighted by Crippen LogP contribution is -2.05. The van der Waals surface area contributed by atoms with E-state index < -0.39 is 27.2 Å². The van der Waals surface area contributed by atoms with E-state index in [1.807, 2.05) is 0 Å². The van der Waals surface area contributed by atoms with Crippen LogP contribution in [-0.4, -0.2) is 33.5 Å². The summed E-state index contributed by atoms with van der Waals surface area (Å²) in [4.78, 5) is 26.9. The summed E-state index contributed by atoms with van der Waals surface area (Å²) in [5, 5.41) is 0. The Morgan fingerprint density at radius 3 is 2.24 bits per heavy atom. The normalized spacial score (nSPS) is 16.4. The van der Waals surface area contributed by atoms with Gasteiger partial charge in [0.25, 0.3) is 0 Å². The van der Waals surface area contributed by atoms with E-state index in [0.717, 1.165) is 32.1 Å². The standard InChI is InChI=1S/C17H34O6P2/c1-15(2)7-5-8-16(3)9-6-10-17(4)11-12-23-13-24(18,19)14-25(20,21)22/h7,9,17H,5-6,8,10-14H2,1-4H3,(H,18,19)(H2,20,21,22)/b16-9+. The third-order valence-corrected chi connectivity index (χ3v) is 7.52. The second kappa shape index (κ2) is 12.2. The molecule has 0 aliphatic heterocycles. The molecular weight excluding hydrogens is 362 g/mol. The fraction of sp³-hybridized carbons (Fsp3) is 0.765. The predicted octanol–water partition coefficient (Wildman–Crippen LogP) is 4.87. The Kier molecular flexibility index (Phi) is 12.1. The fourth-order valence-corrected chi connectivity index (χ4v) is 5.31. The lowest BCUT2D eigenvalue weighted by atomic mass is 10.0. The Morgan fingerprint density at radius 1 is 1.04 bits per heavy atom. The molecule has 0 spiro atoms. The maximum Gasteiger partial charge on any atom is 0.335 e. The van der Waals surface area contributed by atoms with Crippen molar-refractivity contribution in [2.24, 2.45) is 5.92 Å². The molecule has 3 N–H and O–H groups in total. The minimum atomic E-state index is -4.50. The molecule has 0 bridgehead atoms. The van der Waals surface area contributed by atoms with Gasteiger partial charge in [-0.05, 0) is 58.8 Å². The highest BCUT2D eigenvalue weighted by molar-refractivity contribution is 7.72. The van der Waals surface area contributed by atoms with E-state index in [1.54, 1.807) is 0 Å². The number of hydrogen-bond acceptors (Lipinski definition) is 3. The maximum absolute atomic E-state index is 11.6. The topological polar surface area (TPSA) is 104 Å². The van der Waals surface area contributed by atoms with E-state index in [1.165, 1.54) is 11.1 Å². The van der Waals surface area contributed by atoms with Crippen molar-refractivity contribution in [2.45, 2.75) is 59.8 Å². The van der Waals surface area contributed by atoms with Crippen molar-refractivity contribution < 1.29 is 28.5 Å². The van der Waals surface area contributed by atoms with Gasteiger partial charge in [-0.25, -0.2) is 0 Å². The van der Waals surface area contributed by atoms with Crippen LogP contribution < -0.4 is 0 Å². The van der Waals surface area contributed by atoms with Gasteiger partial charge in [0.05, 0.1) is 0 Å². The summed E-state index contributed by atoms with van der Waals surface area (Å²) in [5.41, 5.74) is 2.73. The first-order valence-corrected chi connectivity index (χ1v) is 12.5. The van der Waals surface area contributed by atoms with Crippen LogP contribution in [-0.2, 0) is 13.9 Å². The molecule has 0 heterocycles. The van der Waals surface area contributed by atoms with Crippen LogP contribution in [0.25, 0.3) is 0 Å². The minimum Gasteiger partial charge on any atom is -0.371 e. The molecule has 0 aromatic heterocycles. The quantitative estimate of drug-likeness (QED) is 0.233. The monoisotopic (exact) mass is 396 g/mol. The van der Waals surface area contributed by atoms with E-state index in [2.05, 4.69) is 39.8 Å². The smallest absolute Gasteiger partial charge is 0.335 e. The summed E-state index contributed by atoms with van der Waals surface area (Å²) in [5.74, 6) is -0.603. The van der Waals surface area contributed by atoms with Crippen molar-refractivity contribution in [1.29, 1.82) is 0 Å². The molecule has 6 nitrogen and oxygen atoms in total. The van der Waals surface area contributed by atoms with Crippen LogP contribution >= 0.6 is 15.0 Å². The van der Waals surface area contributed by atoms with Crippen molar-refractivity contribution in [3.05, 3.63) is 23.3 Å². The molecule has 148 valence electrons. The third kappa shape index (κ3) is 17.0. The summed E-state index contributed by atoms with van der Waals surface area (Å²) in [6.45, 7) is 8.77. The largest absolute Gasteiger partial charge is 0.371 e.